The van der Waals surface area contributed by atoms with E-state index in [1.54, 1.807) is 0 Å². The summed E-state index contributed by atoms with van der Waals surface area (Å²) in [5, 5.41) is 3.15. The quantitative estimate of drug-likeness (QED) is 0.509. The molecular weight excluding hydrogens is 178 g/mol. The van der Waals surface area contributed by atoms with Crippen LogP contribution < -0.4 is 5.32 Å². The molecule has 1 N–H and O–H groups in total. The second kappa shape index (κ2) is 2.60. The van der Waals surface area contributed by atoms with Gasteiger partial charge < -0.3 is 10.1 Å². The lowest BCUT2D eigenvalue weighted by Crippen LogP contribution is -2.62. The molecule has 2 aliphatic rings. The zero-order valence-corrected chi connectivity index (χ0v) is 7.73. The van der Waals surface area contributed by atoms with Crippen LogP contribution in [-0.2, 0) is 9.53 Å². The van der Waals surface area contributed by atoms with Crippen molar-refractivity contribution in [3.05, 3.63) is 0 Å². The van der Waals surface area contributed by atoms with Gasteiger partial charge in [0, 0.05) is 18.3 Å². The van der Waals surface area contributed by atoms with Gasteiger partial charge in [-0.15, -0.1) is 11.6 Å². The minimum Gasteiger partial charge on any atom is -0.455 e. The molecule has 0 saturated carbocycles. The van der Waals surface area contributed by atoms with Gasteiger partial charge in [0.2, 0.25) is 0 Å². The van der Waals surface area contributed by atoms with Crippen molar-refractivity contribution in [2.45, 2.75) is 25.0 Å². The molecule has 0 amide bonds. The Balaban J connectivity index is 2.07. The maximum absolute atomic E-state index is 10.9. The number of alkyl halides is 1. The third-order valence-electron chi connectivity index (χ3n) is 2.97. The van der Waals surface area contributed by atoms with Crippen LogP contribution in [0.2, 0.25) is 0 Å². The number of rotatable bonds is 2. The first-order chi connectivity index (χ1) is 5.68. The van der Waals surface area contributed by atoms with E-state index in [4.69, 9.17) is 16.3 Å². The summed E-state index contributed by atoms with van der Waals surface area (Å²) >= 11 is 5.65. The molecule has 3 atom stereocenters. The lowest BCUT2D eigenvalue weighted by molar-refractivity contribution is -0.198. The van der Waals surface area contributed by atoms with Crippen molar-refractivity contribution < 1.29 is 9.53 Å². The lowest BCUT2D eigenvalue weighted by Gasteiger charge is -2.43. The first-order valence-electron chi connectivity index (χ1n) is 4.20. The Morgan fingerprint density at radius 3 is 3.08 bits per heavy atom. The van der Waals surface area contributed by atoms with Gasteiger partial charge in [-0.2, -0.15) is 0 Å². The van der Waals surface area contributed by atoms with Crippen LogP contribution in [-0.4, -0.2) is 30.0 Å². The first-order valence-corrected chi connectivity index (χ1v) is 4.74. The Kier molecular flexibility index (Phi) is 1.81. The van der Waals surface area contributed by atoms with Crippen molar-refractivity contribution in [2.75, 3.05) is 12.4 Å². The molecule has 0 spiro atoms. The van der Waals surface area contributed by atoms with Crippen LogP contribution in [0.3, 0.4) is 0 Å². The molecule has 68 valence electrons. The second-order valence-corrected chi connectivity index (χ2v) is 4.00. The molecule has 3 nitrogen and oxygen atoms in total. The highest BCUT2D eigenvalue weighted by Gasteiger charge is 2.61. The Morgan fingerprint density at radius 1 is 1.83 bits per heavy atom. The number of ether oxygens (including phenoxy) is 1. The third kappa shape index (κ3) is 0.896. The molecule has 0 aromatic carbocycles. The van der Waals surface area contributed by atoms with Gasteiger partial charge in [0.25, 0.3) is 0 Å². The van der Waals surface area contributed by atoms with Gasteiger partial charge >= 0.3 is 5.97 Å². The van der Waals surface area contributed by atoms with Crippen LogP contribution in [0.4, 0.5) is 0 Å². The number of carbonyl (C=O) groups excluding carboxylic acids is 1. The van der Waals surface area contributed by atoms with E-state index in [-0.39, 0.29) is 17.6 Å². The molecule has 0 aromatic heterocycles. The predicted octanol–water partition coefficient (Wildman–Crippen LogP) is 0.519. The fraction of sp³-hybridized carbons (Fsp3) is 0.875. The summed E-state index contributed by atoms with van der Waals surface area (Å²) in [4.78, 5) is 10.9. The minimum atomic E-state index is -0.272. The monoisotopic (exact) mass is 189 g/mol. The number of nitrogens with one attached hydrogen (secondary N) is 1. The van der Waals surface area contributed by atoms with Crippen LogP contribution in [0, 0.1) is 5.92 Å². The minimum absolute atomic E-state index is 0.0780. The molecule has 1 unspecified atom stereocenters. The van der Waals surface area contributed by atoms with Crippen LogP contribution in [0.5, 0.6) is 0 Å². The highest BCUT2D eigenvalue weighted by atomic mass is 35.5. The Hall–Kier alpha value is -0.280. The zero-order chi connectivity index (χ0) is 8.77. The average Bonchev–Trinajstić information content (AvgIpc) is 2.25. The van der Waals surface area contributed by atoms with Crippen molar-refractivity contribution in [2.24, 2.45) is 5.92 Å². The summed E-state index contributed by atoms with van der Waals surface area (Å²) in [6, 6.07) is -0.0780. The molecule has 12 heavy (non-hydrogen) atoms. The number of halogens is 1. The molecule has 0 aliphatic carbocycles. The van der Waals surface area contributed by atoms with Crippen molar-refractivity contribution in [1.29, 1.82) is 0 Å². The Labute approximate surface area is 76.4 Å². The van der Waals surface area contributed by atoms with E-state index in [0.29, 0.717) is 11.8 Å². The van der Waals surface area contributed by atoms with E-state index in [2.05, 4.69) is 5.32 Å². The topological polar surface area (TPSA) is 38.3 Å². The van der Waals surface area contributed by atoms with E-state index in [1.165, 1.54) is 0 Å². The van der Waals surface area contributed by atoms with Gasteiger partial charge in [-0.1, -0.05) is 0 Å². The van der Waals surface area contributed by atoms with Gasteiger partial charge in [-0.3, -0.25) is 4.79 Å². The highest BCUT2D eigenvalue weighted by molar-refractivity contribution is 6.17. The van der Waals surface area contributed by atoms with E-state index >= 15 is 0 Å². The van der Waals surface area contributed by atoms with Gasteiger partial charge in [-0.25, -0.2) is 0 Å². The van der Waals surface area contributed by atoms with Crippen LogP contribution in [0.1, 0.15) is 13.3 Å². The number of carbonyl (C=O) groups is 1. The Bertz CT molecular complexity index is 221. The maximum atomic E-state index is 10.9. The standard InChI is InChI=1S/C8H12ClNO2/c1-8-5(2-3-9)4-10-6(8)7(11)12-8/h5-6,10H,2-4H2,1H3/t5?,6-,8-/m0/s1. The molecule has 0 radical (unpaired) electrons. The molecule has 2 fully saturated rings. The van der Waals surface area contributed by atoms with E-state index < -0.39 is 0 Å². The molecule has 2 heterocycles. The van der Waals surface area contributed by atoms with Crippen molar-refractivity contribution >= 4 is 17.6 Å². The number of esters is 1. The molecular formula is C8H12ClNO2. The van der Waals surface area contributed by atoms with Crippen LogP contribution in [0.25, 0.3) is 0 Å². The molecule has 2 rings (SSSR count). The lowest BCUT2D eigenvalue weighted by atomic mass is 9.81. The maximum Gasteiger partial charge on any atom is 0.327 e. The number of fused-ring (bicyclic) bond motifs is 1. The van der Waals surface area contributed by atoms with E-state index in [0.717, 1.165) is 13.0 Å². The van der Waals surface area contributed by atoms with Crippen LogP contribution >= 0.6 is 11.6 Å². The zero-order valence-electron chi connectivity index (χ0n) is 6.97. The number of hydrogen-bond acceptors (Lipinski definition) is 3. The third-order valence-corrected chi connectivity index (χ3v) is 3.18. The smallest absolute Gasteiger partial charge is 0.327 e. The molecule has 2 saturated heterocycles. The summed E-state index contributed by atoms with van der Waals surface area (Å²) in [7, 11) is 0. The fourth-order valence-corrected chi connectivity index (χ4v) is 2.36. The fourth-order valence-electron chi connectivity index (χ4n) is 2.10. The summed E-state index contributed by atoms with van der Waals surface area (Å²) in [5.74, 6) is 0.902. The molecule has 4 heteroatoms. The largest absolute Gasteiger partial charge is 0.455 e. The summed E-state index contributed by atoms with van der Waals surface area (Å²) in [5.41, 5.74) is -0.272. The number of hydrogen-bond donors (Lipinski definition) is 1. The average molecular weight is 190 g/mol. The van der Waals surface area contributed by atoms with Crippen molar-refractivity contribution in [1.82, 2.24) is 5.32 Å². The molecule has 2 aliphatic heterocycles. The first kappa shape index (κ1) is 8.32. The summed E-state index contributed by atoms with van der Waals surface area (Å²) < 4.78 is 5.16. The van der Waals surface area contributed by atoms with Gasteiger partial charge in [0.05, 0.1) is 0 Å². The molecule has 0 aromatic rings. The normalized spacial score (nSPS) is 45.0. The summed E-state index contributed by atoms with van der Waals surface area (Å²) in [6.07, 6.45) is 0.912. The van der Waals surface area contributed by atoms with Gasteiger partial charge in [-0.05, 0) is 13.3 Å². The van der Waals surface area contributed by atoms with Crippen molar-refractivity contribution in [3.63, 3.8) is 0 Å². The SMILES string of the molecule is C[C@@]12OC(=O)[C@@H]1NCC2CCCl. The van der Waals surface area contributed by atoms with E-state index in [1.807, 2.05) is 6.92 Å². The van der Waals surface area contributed by atoms with E-state index in [9.17, 15) is 4.79 Å². The molecule has 0 bridgehead atoms. The van der Waals surface area contributed by atoms with Gasteiger partial charge in [0.15, 0.2) is 0 Å². The van der Waals surface area contributed by atoms with Gasteiger partial charge in [0.1, 0.15) is 11.6 Å². The highest BCUT2D eigenvalue weighted by Crippen LogP contribution is 2.41. The Morgan fingerprint density at radius 2 is 2.58 bits per heavy atom. The predicted molar refractivity (Wildman–Crippen MR) is 45.1 cm³/mol. The summed E-state index contributed by atoms with van der Waals surface area (Å²) in [6.45, 7) is 2.83. The van der Waals surface area contributed by atoms with Crippen LogP contribution in [0.15, 0.2) is 0 Å². The van der Waals surface area contributed by atoms with Crippen molar-refractivity contribution in [3.8, 4) is 0 Å². The second-order valence-electron chi connectivity index (χ2n) is 3.62.